The molecule has 0 aliphatic heterocycles. The van der Waals surface area contributed by atoms with Crippen molar-refractivity contribution in [3.8, 4) is 0 Å². The summed E-state index contributed by atoms with van der Waals surface area (Å²) in [7, 11) is -9.93. The lowest BCUT2D eigenvalue weighted by molar-refractivity contribution is -0.161. The van der Waals surface area contributed by atoms with Crippen LogP contribution >= 0.6 is 15.6 Å². The summed E-state index contributed by atoms with van der Waals surface area (Å²) in [6.07, 6.45) is 79.4. The molecule has 0 aliphatic carbocycles. The van der Waals surface area contributed by atoms with Crippen molar-refractivity contribution in [2.75, 3.05) is 39.6 Å². The summed E-state index contributed by atoms with van der Waals surface area (Å²) >= 11 is 0. The van der Waals surface area contributed by atoms with Gasteiger partial charge in [0.15, 0.2) is 12.2 Å². The molecule has 0 radical (unpaired) electrons. The normalized spacial score (nSPS) is 13.7. The molecule has 0 rings (SSSR count). The largest absolute Gasteiger partial charge is 0.472 e. The van der Waals surface area contributed by atoms with Crippen LogP contribution in [0.25, 0.3) is 0 Å². The van der Waals surface area contributed by atoms with Gasteiger partial charge in [-0.3, -0.25) is 37.3 Å². The zero-order chi connectivity index (χ0) is 80.4. The molecule has 0 aromatic carbocycles. The first kappa shape index (κ1) is 108. The second-order valence-corrected chi connectivity index (χ2v) is 36.1. The molecule has 5 atom stereocenters. The molecule has 0 bridgehead atoms. The SMILES string of the molecule is CCCCCCCCCCCCCCCCCCCCCCCCC(=O)OC[C@H](COP(=O)(O)OC[C@@H](O)COP(=O)(O)OC[C@@H](COC(=O)CCCCCCCCCCCCC)OC(=O)CCCCCCCCCCCCCCC(C)C)OC(=O)CCCCCCCCCCCCCCCCCCCCCCCC. The zero-order valence-electron chi connectivity index (χ0n) is 72.4. The Morgan fingerprint density at radius 2 is 0.418 bits per heavy atom. The third-order valence-corrected chi connectivity index (χ3v) is 23.4. The van der Waals surface area contributed by atoms with Crippen LogP contribution < -0.4 is 0 Å². The Bertz CT molecular complexity index is 2080. The molecule has 654 valence electrons. The Kier molecular flexibility index (Phi) is 82.1. The number of phosphoric ester groups is 2. The standard InChI is InChI=1S/C91H178O17P2/c1-6-9-12-15-18-21-24-26-28-30-32-34-36-38-40-42-44-50-55-60-65-70-75-89(94)102-81-87(107-90(95)76-71-66-61-56-51-45-43-41-39-37-35-33-31-29-27-25-22-19-16-13-10-7-2)83-106-110(99,100)104-79-85(92)78-103-109(97,98)105-82-86(80-101-88(93)74-69-64-59-54-48-23-20-17-14-11-8-3)108-91(96)77-72-67-62-57-52-47-46-49-53-58-63-68-73-84(4)5/h84-87,92H,6-83H2,1-5H3,(H,97,98)(H,99,100)/t85-,86+,87+/m0/s1. The van der Waals surface area contributed by atoms with Gasteiger partial charge in [-0.25, -0.2) is 9.13 Å². The van der Waals surface area contributed by atoms with Crippen LogP contribution in [0, 0.1) is 5.92 Å². The number of phosphoric acid groups is 2. The topological polar surface area (TPSA) is 237 Å². The van der Waals surface area contributed by atoms with E-state index in [9.17, 15) is 43.2 Å². The summed E-state index contributed by atoms with van der Waals surface area (Å²) in [4.78, 5) is 73.4. The predicted octanol–water partition coefficient (Wildman–Crippen LogP) is 28.3. The number of carbonyl (C=O) groups excluding carboxylic acids is 4. The molecule has 0 heterocycles. The molecule has 0 fully saturated rings. The minimum atomic E-state index is -4.97. The quantitative estimate of drug-likeness (QED) is 0.0222. The number of hydrogen-bond acceptors (Lipinski definition) is 15. The fourth-order valence-electron chi connectivity index (χ4n) is 14.4. The zero-order valence-corrected chi connectivity index (χ0v) is 74.2. The van der Waals surface area contributed by atoms with Gasteiger partial charge in [0.05, 0.1) is 26.4 Å². The Labute approximate surface area is 677 Å². The molecule has 0 saturated carbocycles. The van der Waals surface area contributed by atoms with Gasteiger partial charge < -0.3 is 33.8 Å². The highest BCUT2D eigenvalue weighted by atomic mass is 31.2. The fourth-order valence-corrected chi connectivity index (χ4v) is 15.9. The van der Waals surface area contributed by atoms with E-state index in [2.05, 4.69) is 34.6 Å². The second-order valence-electron chi connectivity index (χ2n) is 33.2. The average molecular weight is 1610 g/mol. The van der Waals surface area contributed by atoms with Gasteiger partial charge in [0.2, 0.25) is 0 Å². The first-order chi connectivity index (χ1) is 53.5. The Balaban J connectivity index is 5.21. The number of aliphatic hydroxyl groups excluding tert-OH is 1. The van der Waals surface area contributed by atoms with Crippen molar-refractivity contribution in [3.63, 3.8) is 0 Å². The summed E-state index contributed by atoms with van der Waals surface area (Å²) in [6.45, 7) is 7.39. The maximum Gasteiger partial charge on any atom is 0.472 e. The lowest BCUT2D eigenvalue weighted by Crippen LogP contribution is -2.30. The molecule has 0 amide bonds. The van der Waals surface area contributed by atoms with Crippen molar-refractivity contribution in [2.24, 2.45) is 5.92 Å². The van der Waals surface area contributed by atoms with E-state index in [-0.39, 0.29) is 25.7 Å². The molecule has 0 saturated heterocycles. The first-order valence-electron chi connectivity index (χ1n) is 47.1. The van der Waals surface area contributed by atoms with E-state index in [1.54, 1.807) is 0 Å². The minimum Gasteiger partial charge on any atom is -0.462 e. The van der Waals surface area contributed by atoms with Gasteiger partial charge >= 0.3 is 39.5 Å². The first-order valence-corrected chi connectivity index (χ1v) is 50.1. The number of rotatable bonds is 91. The number of carbonyl (C=O) groups is 4. The predicted molar refractivity (Wildman–Crippen MR) is 455 cm³/mol. The number of ether oxygens (including phenoxy) is 4. The molecule has 110 heavy (non-hydrogen) atoms. The smallest absolute Gasteiger partial charge is 0.462 e. The Morgan fingerprint density at radius 3 is 0.618 bits per heavy atom. The van der Waals surface area contributed by atoms with E-state index in [0.717, 1.165) is 95.8 Å². The van der Waals surface area contributed by atoms with Gasteiger partial charge in [0.25, 0.3) is 0 Å². The average Bonchev–Trinajstić information content (AvgIpc) is 0.898. The van der Waals surface area contributed by atoms with Gasteiger partial charge in [0, 0.05) is 25.7 Å². The molecule has 0 aliphatic rings. The maximum atomic E-state index is 13.2. The molecule has 19 heteroatoms. The van der Waals surface area contributed by atoms with Crippen LogP contribution in [0.5, 0.6) is 0 Å². The fraction of sp³-hybridized carbons (Fsp3) is 0.956. The Hall–Kier alpha value is -1.94. The van der Waals surface area contributed by atoms with Gasteiger partial charge in [-0.05, 0) is 31.6 Å². The van der Waals surface area contributed by atoms with Crippen LogP contribution in [-0.4, -0.2) is 96.7 Å². The second kappa shape index (κ2) is 83.5. The van der Waals surface area contributed by atoms with Crippen LogP contribution in [0.2, 0.25) is 0 Å². The summed E-state index contributed by atoms with van der Waals surface area (Å²) in [6, 6.07) is 0. The number of hydrogen-bond donors (Lipinski definition) is 3. The number of aliphatic hydroxyl groups is 1. The van der Waals surface area contributed by atoms with E-state index in [1.807, 2.05) is 0 Å². The molecule has 2 unspecified atom stereocenters. The summed E-state index contributed by atoms with van der Waals surface area (Å²) in [5, 5.41) is 10.7. The summed E-state index contributed by atoms with van der Waals surface area (Å²) in [5.41, 5.74) is 0. The molecule has 0 aromatic rings. The maximum absolute atomic E-state index is 13.2. The van der Waals surface area contributed by atoms with Crippen molar-refractivity contribution >= 4 is 39.5 Å². The molecule has 0 spiro atoms. The third kappa shape index (κ3) is 84.0. The lowest BCUT2D eigenvalue weighted by atomic mass is 10.0. The van der Waals surface area contributed by atoms with Crippen LogP contribution in [0.3, 0.4) is 0 Å². The highest BCUT2D eigenvalue weighted by Crippen LogP contribution is 2.45. The molecular weight excluding hydrogens is 1430 g/mol. The van der Waals surface area contributed by atoms with E-state index < -0.39 is 97.5 Å². The minimum absolute atomic E-state index is 0.108. The van der Waals surface area contributed by atoms with Gasteiger partial charge in [-0.15, -0.1) is 0 Å². The Morgan fingerprint density at radius 1 is 0.245 bits per heavy atom. The van der Waals surface area contributed by atoms with Crippen molar-refractivity contribution in [1.29, 1.82) is 0 Å². The van der Waals surface area contributed by atoms with E-state index in [1.165, 1.54) is 321 Å². The van der Waals surface area contributed by atoms with Crippen molar-refractivity contribution in [1.82, 2.24) is 0 Å². The number of esters is 4. The molecule has 0 aromatic heterocycles. The number of unbranched alkanes of at least 4 members (excludes halogenated alkanes) is 63. The summed E-state index contributed by atoms with van der Waals surface area (Å²) in [5.74, 6) is -1.32. The third-order valence-electron chi connectivity index (χ3n) is 21.5. The van der Waals surface area contributed by atoms with Crippen molar-refractivity contribution in [3.05, 3.63) is 0 Å². The van der Waals surface area contributed by atoms with E-state index >= 15 is 0 Å². The van der Waals surface area contributed by atoms with Crippen LogP contribution in [0.1, 0.15) is 497 Å². The highest BCUT2D eigenvalue weighted by Gasteiger charge is 2.31. The van der Waals surface area contributed by atoms with E-state index in [0.29, 0.717) is 25.7 Å². The molecular formula is C91H178O17P2. The lowest BCUT2D eigenvalue weighted by Gasteiger charge is -2.21. The van der Waals surface area contributed by atoms with Crippen LogP contribution in [0.15, 0.2) is 0 Å². The monoisotopic (exact) mass is 1610 g/mol. The molecule has 3 N–H and O–H groups in total. The van der Waals surface area contributed by atoms with E-state index in [4.69, 9.17) is 37.0 Å². The van der Waals surface area contributed by atoms with Gasteiger partial charge in [-0.2, -0.15) is 0 Å². The molecule has 17 nitrogen and oxygen atoms in total. The van der Waals surface area contributed by atoms with Crippen LogP contribution in [0.4, 0.5) is 0 Å². The van der Waals surface area contributed by atoms with Crippen molar-refractivity contribution in [2.45, 2.75) is 515 Å². The van der Waals surface area contributed by atoms with Gasteiger partial charge in [0.1, 0.15) is 19.3 Å². The van der Waals surface area contributed by atoms with Crippen LogP contribution in [-0.2, 0) is 65.4 Å². The van der Waals surface area contributed by atoms with Gasteiger partial charge in [-0.1, -0.05) is 446 Å². The summed E-state index contributed by atoms with van der Waals surface area (Å²) < 4.78 is 69.0. The highest BCUT2D eigenvalue weighted by molar-refractivity contribution is 7.47. The van der Waals surface area contributed by atoms with Crippen molar-refractivity contribution < 1.29 is 80.2 Å².